The van der Waals surface area contributed by atoms with E-state index in [-0.39, 0.29) is 42.5 Å². The average molecular weight is 709 g/mol. The number of carbonyl (C=O) groups is 1. The Morgan fingerprint density at radius 1 is 1.00 bits per heavy atom. The van der Waals surface area contributed by atoms with Crippen LogP contribution in [0.1, 0.15) is 96.4 Å². The van der Waals surface area contributed by atoms with Gasteiger partial charge in [0.1, 0.15) is 5.76 Å². The Morgan fingerprint density at radius 2 is 1.62 bits per heavy atom. The molecule has 1 N–H and O–H groups in total. The van der Waals surface area contributed by atoms with E-state index in [0.717, 1.165) is 29.4 Å². The number of fused-ring (bicyclic) bond motifs is 1. The van der Waals surface area contributed by atoms with Gasteiger partial charge in [0.15, 0.2) is 5.78 Å². The molecule has 0 saturated heterocycles. The van der Waals surface area contributed by atoms with E-state index in [1.807, 2.05) is 60.7 Å². The van der Waals surface area contributed by atoms with Gasteiger partial charge in [-0.3, -0.25) is 4.79 Å². The molecule has 0 aliphatic heterocycles. The van der Waals surface area contributed by atoms with E-state index in [4.69, 9.17) is 4.74 Å². The number of aromatic nitrogens is 1. The van der Waals surface area contributed by atoms with Crippen LogP contribution in [0.25, 0.3) is 10.8 Å². The second kappa shape index (κ2) is 14.2. The summed E-state index contributed by atoms with van der Waals surface area (Å²) < 4.78 is 6.04. The number of ether oxygens (including phenoxy) is 1. The van der Waals surface area contributed by atoms with Crippen LogP contribution in [0.3, 0.4) is 0 Å². The standard InChI is InChI=1S/C21H22NO.C13H24O2.Ir/c1-13(2)18-6-7-20-19(16(18)5)8-9-22-21(20)23-17-11-14(3)10-15(4)12-17;1-7-12(3,4)10(14)9-11(15)13(5,6)8-2;/h6-11,13H,1-5H3;9,14H,7-8H2,1-6H3;/q-1;;/b;10-9-;. The van der Waals surface area contributed by atoms with Gasteiger partial charge in [-0.1, -0.05) is 75.3 Å². The van der Waals surface area contributed by atoms with E-state index in [1.54, 1.807) is 0 Å². The normalized spacial score (nSPS) is 12.1. The van der Waals surface area contributed by atoms with Crippen molar-refractivity contribution in [1.29, 1.82) is 0 Å². The van der Waals surface area contributed by atoms with Crippen molar-refractivity contribution < 1.29 is 34.7 Å². The maximum atomic E-state index is 11.8. The quantitative estimate of drug-likeness (QED) is 0.144. The summed E-state index contributed by atoms with van der Waals surface area (Å²) in [5.74, 6) is 2.06. The molecule has 0 fully saturated rings. The van der Waals surface area contributed by atoms with Crippen molar-refractivity contribution in [2.24, 2.45) is 10.8 Å². The third kappa shape index (κ3) is 9.01. The van der Waals surface area contributed by atoms with Crippen LogP contribution in [0, 0.1) is 37.7 Å². The Kier molecular flexibility index (Phi) is 12.6. The predicted octanol–water partition coefficient (Wildman–Crippen LogP) is 9.74. The Balaban J connectivity index is 0.000000418. The van der Waals surface area contributed by atoms with E-state index in [9.17, 15) is 9.90 Å². The second-order valence-electron chi connectivity index (χ2n) is 11.8. The molecule has 0 unspecified atom stereocenters. The molecule has 1 heterocycles. The molecule has 0 saturated carbocycles. The third-order valence-electron chi connectivity index (χ3n) is 7.57. The number of carbonyl (C=O) groups excluding carboxylic acids is 1. The van der Waals surface area contributed by atoms with E-state index in [2.05, 4.69) is 63.0 Å². The zero-order chi connectivity index (χ0) is 28.8. The van der Waals surface area contributed by atoms with Crippen molar-refractivity contribution >= 4 is 16.6 Å². The molecule has 4 nitrogen and oxygen atoms in total. The minimum Gasteiger partial charge on any atom is -0.512 e. The molecular formula is C34H46IrNO3-. The number of ketones is 1. The Labute approximate surface area is 249 Å². The summed E-state index contributed by atoms with van der Waals surface area (Å²) in [5, 5.41) is 12.1. The molecule has 3 rings (SSSR count). The van der Waals surface area contributed by atoms with Gasteiger partial charge in [0.05, 0.1) is 0 Å². The van der Waals surface area contributed by atoms with Crippen LogP contribution in [0.5, 0.6) is 11.6 Å². The van der Waals surface area contributed by atoms with Gasteiger partial charge in [0.2, 0.25) is 5.88 Å². The van der Waals surface area contributed by atoms with Crippen molar-refractivity contribution in [3.63, 3.8) is 0 Å². The fourth-order valence-corrected chi connectivity index (χ4v) is 3.99. The zero-order valence-electron chi connectivity index (χ0n) is 25.6. The molecule has 0 atom stereocenters. The Hall–Kier alpha value is -2.49. The van der Waals surface area contributed by atoms with Crippen molar-refractivity contribution in [3.05, 3.63) is 76.7 Å². The first-order valence-electron chi connectivity index (χ1n) is 13.6. The largest absolute Gasteiger partial charge is 0.512 e. The number of pyridine rings is 1. The van der Waals surface area contributed by atoms with Crippen LogP contribution in [-0.4, -0.2) is 15.9 Å². The van der Waals surface area contributed by atoms with Gasteiger partial charge in [-0.15, -0.1) is 12.1 Å². The van der Waals surface area contributed by atoms with Gasteiger partial charge in [-0.05, 0) is 54.3 Å². The van der Waals surface area contributed by atoms with Gasteiger partial charge in [-0.2, -0.15) is 17.2 Å². The summed E-state index contributed by atoms with van der Waals surface area (Å²) >= 11 is 0. The molecule has 0 spiro atoms. The van der Waals surface area contributed by atoms with Crippen molar-refractivity contribution in [3.8, 4) is 11.6 Å². The molecule has 215 valence electrons. The topological polar surface area (TPSA) is 59.4 Å². The number of aryl methyl sites for hydroxylation is 3. The molecule has 39 heavy (non-hydrogen) atoms. The van der Waals surface area contributed by atoms with Crippen LogP contribution >= 0.6 is 0 Å². The number of hydrogen-bond acceptors (Lipinski definition) is 4. The summed E-state index contributed by atoms with van der Waals surface area (Å²) in [7, 11) is 0. The van der Waals surface area contributed by atoms with Gasteiger partial charge >= 0.3 is 0 Å². The first-order chi connectivity index (χ1) is 17.6. The summed E-state index contributed by atoms with van der Waals surface area (Å²) in [6.45, 7) is 22.3. The molecule has 1 aromatic heterocycles. The van der Waals surface area contributed by atoms with Crippen LogP contribution in [0.15, 0.2) is 48.4 Å². The van der Waals surface area contributed by atoms with Crippen LogP contribution in [-0.2, 0) is 24.9 Å². The second-order valence-corrected chi connectivity index (χ2v) is 11.8. The number of aliphatic hydroxyl groups excluding tert-OH is 1. The maximum absolute atomic E-state index is 11.8. The molecule has 0 bridgehead atoms. The van der Waals surface area contributed by atoms with Gasteiger partial charge in [0, 0.05) is 54.3 Å². The SMILES string of the molecule is CCC(C)(C)C(=O)/C=C(\O)C(C)(C)CC.Cc1[c-]c(Oc2nccc3c(C)c(C(C)C)ccc23)cc(C)c1.[Ir]. The first-order valence-corrected chi connectivity index (χ1v) is 13.6. The number of benzene rings is 2. The zero-order valence-corrected chi connectivity index (χ0v) is 28.0. The monoisotopic (exact) mass is 709 g/mol. The molecule has 1 radical (unpaired) electrons. The van der Waals surface area contributed by atoms with Gasteiger partial charge in [0.25, 0.3) is 0 Å². The van der Waals surface area contributed by atoms with Gasteiger partial charge in [-0.25, -0.2) is 4.98 Å². The summed E-state index contributed by atoms with van der Waals surface area (Å²) in [4.78, 5) is 16.3. The summed E-state index contributed by atoms with van der Waals surface area (Å²) in [6.07, 6.45) is 4.81. The number of aliphatic hydroxyl groups is 1. The third-order valence-corrected chi connectivity index (χ3v) is 7.57. The Bertz CT molecular complexity index is 1290. The van der Waals surface area contributed by atoms with Crippen molar-refractivity contribution in [2.75, 3.05) is 0 Å². The molecule has 0 amide bonds. The fourth-order valence-electron chi connectivity index (χ4n) is 3.99. The minimum absolute atomic E-state index is 0. The van der Waals surface area contributed by atoms with Crippen LogP contribution in [0.2, 0.25) is 0 Å². The molecule has 5 heteroatoms. The summed E-state index contributed by atoms with van der Waals surface area (Å²) in [6, 6.07) is 13.7. The first kappa shape index (κ1) is 34.5. The molecule has 2 aromatic carbocycles. The smallest absolute Gasteiger partial charge is 0.224 e. The number of nitrogens with zero attached hydrogens (tertiary/aromatic N) is 1. The molecule has 0 aliphatic rings. The van der Waals surface area contributed by atoms with E-state index >= 15 is 0 Å². The van der Waals surface area contributed by atoms with Crippen LogP contribution < -0.4 is 4.74 Å². The Morgan fingerprint density at radius 3 is 2.15 bits per heavy atom. The van der Waals surface area contributed by atoms with E-state index in [0.29, 0.717) is 17.5 Å². The van der Waals surface area contributed by atoms with Gasteiger partial charge < -0.3 is 9.84 Å². The van der Waals surface area contributed by atoms with E-state index in [1.165, 1.54) is 22.6 Å². The van der Waals surface area contributed by atoms with Crippen molar-refractivity contribution in [2.45, 2.75) is 94.9 Å². The van der Waals surface area contributed by atoms with Crippen molar-refractivity contribution in [1.82, 2.24) is 4.98 Å². The maximum Gasteiger partial charge on any atom is 0.224 e. The fraction of sp³-hybridized carbons (Fsp3) is 0.471. The number of rotatable bonds is 8. The molecule has 0 aliphatic carbocycles. The molecular weight excluding hydrogens is 663 g/mol. The van der Waals surface area contributed by atoms with E-state index < -0.39 is 0 Å². The average Bonchev–Trinajstić information content (AvgIpc) is 2.84. The molecule has 3 aromatic rings. The van der Waals surface area contributed by atoms with Crippen LogP contribution in [0.4, 0.5) is 0 Å². The summed E-state index contributed by atoms with van der Waals surface area (Å²) in [5.41, 5.74) is 4.21. The predicted molar refractivity (Wildman–Crippen MR) is 159 cm³/mol. The minimum atomic E-state index is -0.377. The number of allylic oxidation sites excluding steroid dienone is 2. The number of hydrogen-bond donors (Lipinski definition) is 1.